The fourth-order valence-electron chi connectivity index (χ4n) is 3.76. The summed E-state index contributed by atoms with van der Waals surface area (Å²) in [6.07, 6.45) is 3.64. The van der Waals surface area contributed by atoms with Crippen LogP contribution in [0, 0.1) is 20.8 Å². The number of hydrogen-bond donors (Lipinski definition) is 0. The Bertz CT molecular complexity index is 914. The molecule has 0 aliphatic carbocycles. The van der Waals surface area contributed by atoms with Crippen LogP contribution in [-0.4, -0.2) is 16.1 Å². The summed E-state index contributed by atoms with van der Waals surface area (Å²) in [6, 6.07) is 14.8. The van der Waals surface area contributed by atoms with Gasteiger partial charge in [0.15, 0.2) is 11.6 Å². The van der Waals surface area contributed by atoms with Crippen LogP contribution in [-0.2, 0) is 0 Å². The predicted molar refractivity (Wildman–Crippen MR) is 103 cm³/mol. The third kappa shape index (κ3) is 2.37. The molecule has 0 bridgehead atoms. The van der Waals surface area contributed by atoms with E-state index in [4.69, 9.17) is 0 Å². The highest BCUT2D eigenvalue weighted by atomic mass is 15.5. The lowest BCUT2D eigenvalue weighted by Gasteiger charge is -2.31. The predicted octanol–water partition coefficient (Wildman–Crippen LogP) is 5.04. The van der Waals surface area contributed by atoms with E-state index in [0.29, 0.717) is 0 Å². The van der Waals surface area contributed by atoms with Gasteiger partial charge in [0.2, 0.25) is 0 Å². The van der Waals surface area contributed by atoms with E-state index in [2.05, 4.69) is 89.9 Å². The summed E-state index contributed by atoms with van der Waals surface area (Å²) in [5.74, 6) is 1.82. The molecule has 0 saturated carbocycles. The van der Waals surface area contributed by atoms with Crippen molar-refractivity contribution in [3.8, 4) is 0 Å². The molecule has 4 nitrogen and oxygen atoms in total. The van der Waals surface area contributed by atoms with E-state index in [0.717, 1.165) is 11.6 Å². The zero-order chi connectivity index (χ0) is 17.6. The van der Waals surface area contributed by atoms with Gasteiger partial charge in [-0.25, -0.2) is 9.97 Å². The summed E-state index contributed by atoms with van der Waals surface area (Å²) in [6.45, 7) is 8.66. The second-order valence-electron chi connectivity index (χ2n) is 6.60. The van der Waals surface area contributed by atoms with Crippen LogP contribution >= 0.6 is 0 Å². The van der Waals surface area contributed by atoms with Crippen LogP contribution in [0.5, 0.6) is 0 Å². The van der Waals surface area contributed by atoms with Crippen LogP contribution < -0.4 is 9.80 Å². The first kappa shape index (κ1) is 15.6. The van der Waals surface area contributed by atoms with E-state index in [9.17, 15) is 0 Å². The van der Waals surface area contributed by atoms with Crippen molar-refractivity contribution in [3.63, 3.8) is 0 Å². The minimum atomic E-state index is 0.0956. The lowest BCUT2D eigenvalue weighted by molar-refractivity contribution is 0.749. The Kier molecular flexibility index (Phi) is 3.68. The second-order valence-corrected chi connectivity index (χ2v) is 6.60. The molecule has 3 aromatic rings. The van der Waals surface area contributed by atoms with Gasteiger partial charge in [-0.3, -0.25) is 0 Å². The largest absolute Gasteiger partial charge is 0.302 e. The summed E-state index contributed by atoms with van der Waals surface area (Å²) in [5, 5.41) is 0. The van der Waals surface area contributed by atoms with Gasteiger partial charge in [0.05, 0.1) is 5.69 Å². The standard InChI is InChI=1S/C21H22N4/c1-14-8-5-6-11-18(14)24-17(4)25(21-20(24)22-12-13-23-21)19-15(2)9-7-10-16(19)3/h5-13,17H,1-4H3/t17-/m0/s1. The molecular weight excluding hydrogens is 308 g/mol. The molecule has 0 fully saturated rings. The average Bonchev–Trinajstić information content (AvgIpc) is 2.88. The summed E-state index contributed by atoms with van der Waals surface area (Å²) in [7, 11) is 0. The van der Waals surface area contributed by atoms with Gasteiger partial charge in [0.1, 0.15) is 6.17 Å². The number of fused-ring (bicyclic) bond motifs is 1. The van der Waals surface area contributed by atoms with Crippen molar-refractivity contribution in [2.45, 2.75) is 33.9 Å². The van der Waals surface area contributed by atoms with Crippen molar-refractivity contribution in [3.05, 3.63) is 71.5 Å². The summed E-state index contributed by atoms with van der Waals surface area (Å²) >= 11 is 0. The maximum absolute atomic E-state index is 4.68. The lowest BCUT2D eigenvalue weighted by Crippen LogP contribution is -2.36. The topological polar surface area (TPSA) is 32.3 Å². The molecule has 1 aliphatic heterocycles. The summed E-state index contributed by atoms with van der Waals surface area (Å²) in [4.78, 5) is 13.9. The Morgan fingerprint density at radius 1 is 0.720 bits per heavy atom. The molecule has 0 saturated heterocycles. The van der Waals surface area contributed by atoms with Crippen LogP contribution in [0.15, 0.2) is 54.9 Å². The van der Waals surface area contributed by atoms with Crippen LogP contribution in [0.25, 0.3) is 0 Å². The Morgan fingerprint density at radius 3 is 1.92 bits per heavy atom. The lowest BCUT2D eigenvalue weighted by atomic mass is 10.1. The molecule has 0 N–H and O–H groups in total. The number of anilines is 4. The van der Waals surface area contributed by atoms with Crippen LogP contribution in [0.1, 0.15) is 23.6 Å². The van der Waals surface area contributed by atoms with Crippen molar-refractivity contribution in [1.29, 1.82) is 0 Å². The van der Waals surface area contributed by atoms with E-state index in [-0.39, 0.29) is 6.17 Å². The number of nitrogens with zero attached hydrogens (tertiary/aromatic N) is 4. The van der Waals surface area contributed by atoms with Gasteiger partial charge in [-0.05, 0) is 50.5 Å². The highest BCUT2D eigenvalue weighted by molar-refractivity contribution is 5.85. The molecular formula is C21H22N4. The molecule has 126 valence electrons. The fraction of sp³-hybridized carbons (Fsp3) is 0.238. The van der Waals surface area contributed by atoms with Crippen molar-refractivity contribution in [1.82, 2.24) is 9.97 Å². The molecule has 0 amide bonds. The summed E-state index contributed by atoms with van der Waals surface area (Å²) < 4.78 is 0. The quantitative estimate of drug-likeness (QED) is 0.659. The van der Waals surface area contributed by atoms with Crippen molar-refractivity contribution in [2.24, 2.45) is 0 Å². The smallest absolute Gasteiger partial charge is 0.178 e. The minimum absolute atomic E-state index is 0.0956. The normalized spacial score (nSPS) is 16.2. The first-order chi connectivity index (χ1) is 12.1. The molecule has 4 rings (SSSR count). The van der Waals surface area contributed by atoms with Gasteiger partial charge in [0, 0.05) is 18.1 Å². The Labute approximate surface area is 148 Å². The Balaban J connectivity index is 1.93. The second kappa shape index (κ2) is 5.88. The van der Waals surface area contributed by atoms with Crippen LogP contribution in [0.2, 0.25) is 0 Å². The number of aromatic nitrogens is 2. The van der Waals surface area contributed by atoms with Gasteiger partial charge >= 0.3 is 0 Å². The molecule has 2 aromatic carbocycles. The Morgan fingerprint density at radius 2 is 1.28 bits per heavy atom. The number of aryl methyl sites for hydroxylation is 3. The van der Waals surface area contributed by atoms with Gasteiger partial charge in [0.25, 0.3) is 0 Å². The zero-order valence-corrected chi connectivity index (χ0v) is 15.1. The number of hydrogen-bond acceptors (Lipinski definition) is 4. The van der Waals surface area contributed by atoms with Crippen molar-refractivity contribution >= 4 is 23.0 Å². The Hall–Kier alpha value is -2.88. The van der Waals surface area contributed by atoms with Gasteiger partial charge in [-0.2, -0.15) is 0 Å². The average molecular weight is 330 g/mol. The van der Waals surface area contributed by atoms with Gasteiger partial charge in [-0.15, -0.1) is 0 Å². The molecule has 0 spiro atoms. The van der Waals surface area contributed by atoms with E-state index in [1.807, 2.05) is 0 Å². The third-order valence-corrected chi connectivity index (χ3v) is 4.92. The molecule has 0 unspecified atom stereocenters. The first-order valence-electron chi connectivity index (χ1n) is 8.61. The van der Waals surface area contributed by atoms with Crippen LogP contribution in [0.3, 0.4) is 0 Å². The molecule has 25 heavy (non-hydrogen) atoms. The monoisotopic (exact) mass is 330 g/mol. The highest BCUT2D eigenvalue weighted by Gasteiger charge is 2.38. The summed E-state index contributed by atoms with van der Waals surface area (Å²) in [5.41, 5.74) is 6.11. The van der Waals surface area contributed by atoms with Crippen LogP contribution in [0.4, 0.5) is 23.0 Å². The van der Waals surface area contributed by atoms with E-state index in [1.165, 1.54) is 28.1 Å². The highest BCUT2D eigenvalue weighted by Crippen LogP contribution is 2.47. The number of rotatable bonds is 2. The molecule has 2 heterocycles. The number of para-hydroxylation sites is 2. The number of benzene rings is 2. The van der Waals surface area contributed by atoms with E-state index >= 15 is 0 Å². The molecule has 0 radical (unpaired) electrons. The maximum atomic E-state index is 4.68. The molecule has 1 aromatic heterocycles. The van der Waals surface area contributed by atoms with E-state index < -0.39 is 0 Å². The maximum Gasteiger partial charge on any atom is 0.178 e. The van der Waals surface area contributed by atoms with Gasteiger partial charge in [-0.1, -0.05) is 36.4 Å². The van der Waals surface area contributed by atoms with Crippen molar-refractivity contribution in [2.75, 3.05) is 9.80 Å². The fourth-order valence-corrected chi connectivity index (χ4v) is 3.76. The first-order valence-corrected chi connectivity index (χ1v) is 8.61. The zero-order valence-electron chi connectivity index (χ0n) is 15.1. The molecule has 1 aliphatic rings. The minimum Gasteiger partial charge on any atom is -0.302 e. The van der Waals surface area contributed by atoms with Crippen molar-refractivity contribution < 1.29 is 0 Å². The SMILES string of the molecule is Cc1ccccc1N1c2nccnc2N(c2c(C)cccc2C)[C@H]1C. The van der Waals surface area contributed by atoms with E-state index in [1.54, 1.807) is 12.4 Å². The molecule has 1 atom stereocenters. The third-order valence-electron chi connectivity index (χ3n) is 4.92. The van der Waals surface area contributed by atoms with Gasteiger partial charge < -0.3 is 9.80 Å². The molecule has 4 heteroatoms.